The normalized spacial score (nSPS) is 12.9. The van der Waals surface area contributed by atoms with Crippen LogP contribution in [0, 0.1) is 6.92 Å². The van der Waals surface area contributed by atoms with Crippen molar-refractivity contribution in [2.45, 2.75) is 25.7 Å². The molecule has 15 heavy (non-hydrogen) atoms. The highest BCUT2D eigenvalue weighted by molar-refractivity contribution is 5.41. The summed E-state index contributed by atoms with van der Waals surface area (Å²) in [5.74, 6) is 1.23. The fourth-order valence-electron chi connectivity index (χ4n) is 1.56. The summed E-state index contributed by atoms with van der Waals surface area (Å²) in [6, 6.07) is 6.02. The second-order valence-corrected chi connectivity index (χ2v) is 4.04. The molecule has 0 aliphatic rings. The molecule has 0 heterocycles. The summed E-state index contributed by atoms with van der Waals surface area (Å²) in [6.07, 6.45) is 0. The van der Waals surface area contributed by atoms with Crippen LogP contribution in [-0.2, 0) is 0 Å². The van der Waals surface area contributed by atoms with E-state index in [0.29, 0.717) is 5.92 Å². The SMILES string of the molecule is [CH2]C(CO)c1ccc(C(C)C)c(OC)c1. The van der Waals surface area contributed by atoms with Gasteiger partial charge in [0.1, 0.15) is 5.75 Å². The molecule has 0 amide bonds. The Kier molecular flexibility index (Phi) is 4.15. The van der Waals surface area contributed by atoms with Crippen molar-refractivity contribution in [1.29, 1.82) is 0 Å². The molecule has 1 atom stereocenters. The summed E-state index contributed by atoms with van der Waals surface area (Å²) in [7, 11) is 1.67. The molecular weight excluding hydrogens is 188 g/mol. The van der Waals surface area contributed by atoms with Gasteiger partial charge in [-0.05, 0) is 30.0 Å². The van der Waals surface area contributed by atoms with Crippen molar-refractivity contribution >= 4 is 0 Å². The van der Waals surface area contributed by atoms with Gasteiger partial charge in [0.2, 0.25) is 0 Å². The van der Waals surface area contributed by atoms with Crippen LogP contribution in [0.15, 0.2) is 18.2 Å². The Balaban J connectivity index is 3.07. The maximum Gasteiger partial charge on any atom is 0.122 e. The minimum Gasteiger partial charge on any atom is -0.496 e. The molecule has 1 unspecified atom stereocenters. The molecule has 2 heteroatoms. The third kappa shape index (κ3) is 2.72. The molecule has 0 aliphatic carbocycles. The first-order chi connectivity index (χ1) is 7.10. The first-order valence-corrected chi connectivity index (χ1v) is 5.22. The highest BCUT2D eigenvalue weighted by Gasteiger charge is 2.10. The topological polar surface area (TPSA) is 29.5 Å². The number of rotatable bonds is 4. The number of hydrogen-bond acceptors (Lipinski definition) is 2. The van der Waals surface area contributed by atoms with Crippen LogP contribution in [0.2, 0.25) is 0 Å². The van der Waals surface area contributed by atoms with E-state index in [1.54, 1.807) is 7.11 Å². The fraction of sp³-hybridized carbons (Fsp3) is 0.462. The van der Waals surface area contributed by atoms with Gasteiger partial charge >= 0.3 is 0 Å². The van der Waals surface area contributed by atoms with Crippen LogP contribution in [0.4, 0.5) is 0 Å². The Morgan fingerprint density at radius 2 is 2.07 bits per heavy atom. The average Bonchev–Trinajstić information content (AvgIpc) is 2.26. The molecule has 1 radical (unpaired) electrons. The van der Waals surface area contributed by atoms with Crippen LogP contribution in [0.1, 0.15) is 36.8 Å². The smallest absolute Gasteiger partial charge is 0.122 e. The zero-order valence-corrected chi connectivity index (χ0v) is 9.66. The standard InChI is InChI=1S/C13H19O2/c1-9(2)12-6-5-11(10(3)8-14)7-13(12)15-4/h5-7,9-10,14H,3,8H2,1-2,4H3. The molecule has 0 fully saturated rings. The van der Waals surface area contributed by atoms with Crippen molar-refractivity contribution in [2.75, 3.05) is 13.7 Å². The third-order valence-electron chi connectivity index (χ3n) is 2.57. The van der Waals surface area contributed by atoms with Crippen molar-refractivity contribution in [3.63, 3.8) is 0 Å². The van der Waals surface area contributed by atoms with E-state index in [2.05, 4.69) is 20.8 Å². The minimum absolute atomic E-state index is 0.0597. The average molecular weight is 207 g/mol. The van der Waals surface area contributed by atoms with Gasteiger partial charge in [-0.3, -0.25) is 0 Å². The Hall–Kier alpha value is -1.02. The van der Waals surface area contributed by atoms with E-state index in [0.717, 1.165) is 11.3 Å². The molecule has 0 saturated heterocycles. The second-order valence-electron chi connectivity index (χ2n) is 4.04. The molecule has 83 valence electrons. The van der Waals surface area contributed by atoms with Crippen LogP contribution in [-0.4, -0.2) is 18.8 Å². The molecule has 0 aromatic heterocycles. The van der Waals surface area contributed by atoms with Crippen molar-refractivity contribution in [3.8, 4) is 5.75 Å². The van der Waals surface area contributed by atoms with E-state index in [1.807, 2.05) is 18.2 Å². The minimum atomic E-state index is -0.0832. The largest absolute Gasteiger partial charge is 0.496 e. The van der Waals surface area contributed by atoms with Gasteiger partial charge in [0.25, 0.3) is 0 Å². The molecule has 1 aromatic rings. The Bertz CT molecular complexity index is 318. The summed E-state index contributed by atoms with van der Waals surface area (Å²) in [4.78, 5) is 0. The van der Waals surface area contributed by atoms with Crippen LogP contribution >= 0.6 is 0 Å². The molecule has 1 aromatic carbocycles. The van der Waals surface area contributed by atoms with Crippen molar-refractivity contribution in [1.82, 2.24) is 0 Å². The van der Waals surface area contributed by atoms with Gasteiger partial charge in [-0.15, -0.1) is 0 Å². The summed E-state index contributed by atoms with van der Waals surface area (Å²) in [5, 5.41) is 9.03. The van der Waals surface area contributed by atoms with E-state index in [1.165, 1.54) is 5.56 Å². The van der Waals surface area contributed by atoms with Crippen molar-refractivity contribution in [3.05, 3.63) is 36.2 Å². The predicted octanol–water partition coefficient (Wildman–Crippen LogP) is 2.73. The van der Waals surface area contributed by atoms with Gasteiger partial charge in [0.15, 0.2) is 0 Å². The molecular formula is C13H19O2. The molecule has 1 N–H and O–H groups in total. The molecule has 0 aliphatic heterocycles. The van der Waals surface area contributed by atoms with E-state index in [-0.39, 0.29) is 12.5 Å². The fourth-order valence-corrected chi connectivity index (χ4v) is 1.56. The van der Waals surface area contributed by atoms with E-state index >= 15 is 0 Å². The maximum absolute atomic E-state index is 9.03. The summed E-state index contributed by atoms with van der Waals surface area (Å²) in [6.45, 7) is 8.19. The van der Waals surface area contributed by atoms with Gasteiger partial charge in [-0.2, -0.15) is 0 Å². The van der Waals surface area contributed by atoms with Gasteiger partial charge in [-0.1, -0.05) is 26.0 Å². The number of hydrogen-bond donors (Lipinski definition) is 1. The van der Waals surface area contributed by atoms with Crippen molar-refractivity contribution in [2.24, 2.45) is 0 Å². The number of aliphatic hydroxyl groups is 1. The van der Waals surface area contributed by atoms with Crippen LogP contribution in [0.25, 0.3) is 0 Å². The number of methoxy groups -OCH3 is 1. The summed E-state index contributed by atoms with van der Waals surface area (Å²) < 4.78 is 5.33. The van der Waals surface area contributed by atoms with Gasteiger partial charge in [0.05, 0.1) is 7.11 Å². The Labute approximate surface area is 91.9 Å². The van der Waals surface area contributed by atoms with E-state index in [4.69, 9.17) is 9.84 Å². The number of ether oxygens (including phenoxy) is 1. The highest BCUT2D eigenvalue weighted by atomic mass is 16.5. The van der Waals surface area contributed by atoms with Crippen molar-refractivity contribution < 1.29 is 9.84 Å². The molecule has 0 spiro atoms. The van der Waals surface area contributed by atoms with Gasteiger partial charge in [-0.25, -0.2) is 0 Å². The van der Waals surface area contributed by atoms with Crippen LogP contribution in [0.5, 0.6) is 5.75 Å². The zero-order chi connectivity index (χ0) is 11.4. The van der Waals surface area contributed by atoms with E-state index in [9.17, 15) is 0 Å². The molecule has 2 nitrogen and oxygen atoms in total. The van der Waals surface area contributed by atoms with Gasteiger partial charge < -0.3 is 9.84 Å². The van der Waals surface area contributed by atoms with Crippen LogP contribution < -0.4 is 4.74 Å². The first-order valence-electron chi connectivity index (χ1n) is 5.22. The third-order valence-corrected chi connectivity index (χ3v) is 2.57. The number of aliphatic hydroxyl groups excluding tert-OH is 1. The quantitative estimate of drug-likeness (QED) is 0.822. The summed E-state index contributed by atoms with van der Waals surface area (Å²) >= 11 is 0. The maximum atomic E-state index is 9.03. The lowest BCUT2D eigenvalue weighted by molar-refractivity contribution is 0.282. The molecule has 1 rings (SSSR count). The lowest BCUT2D eigenvalue weighted by Gasteiger charge is -2.15. The lowest BCUT2D eigenvalue weighted by Crippen LogP contribution is -2.01. The summed E-state index contributed by atoms with van der Waals surface area (Å²) in [5.41, 5.74) is 2.20. The van der Waals surface area contributed by atoms with Crippen LogP contribution in [0.3, 0.4) is 0 Å². The van der Waals surface area contributed by atoms with Gasteiger partial charge in [0, 0.05) is 12.5 Å². The highest BCUT2D eigenvalue weighted by Crippen LogP contribution is 2.29. The monoisotopic (exact) mass is 207 g/mol. The lowest BCUT2D eigenvalue weighted by atomic mass is 9.95. The zero-order valence-electron chi connectivity index (χ0n) is 9.66. The predicted molar refractivity (Wildman–Crippen MR) is 62.3 cm³/mol. The Morgan fingerprint density at radius 3 is 2.53 bits per heavy atom. The molecule has 0 bridgehead atoms. The second kappa shape index (κ2) is 5.17. The number of benzene rings is 1. The van der Waals surface area contributed by atoms with E-state index < -0.39 is 0 Å². The first kappa shape index (κ1) is 12.1. The molecule has 0 saturated carbocycles. The Morgan fingerprint density at radius 1 is 1.40 bits per heavy atom.